The van der Waals surface area contributed by atoms with Gasteiger partial charge in [-0.2, -0.15) is 0 Å². The number of nitrogens with zero attached hydrogens (tertiary/aromatic N) is 3. The van der Waals surface area contributed by atoms with Gasteiger partial charge in [0.25, 0.3) is 5.91 Å². The molecule has 1 saturated heterocycles. The number of aliphatic hydroxyl groups is 1. The van der Waals surface area contributed by atoms with Crippen LogP contribution in [0.1, 0.15) is 47.8 Å². The fourth-order valence-electron chi connectivity index (χ4n) is 6.64. The van der Waals surface area contributed by atoms with E-state index < -0.39 is 5.60 Å². The van der Waals surface area contributed by atoms with Crippen molar-refractivity contribution in [3.05, 3.63) is 90.4 Å². The number of methoxy groups -OCH3 is 1. The summed E-state index contributed by atoms with van der Waals surface area (Å²) in [5.74, 6) is -0.0593. The minimum Gasteiger partial charge on any atom is -0.385 e. The summed E-state index contributed by atoms with van der Waals surface area (Å²) in [6.45, 7) is 2.35. The molecule has 2 fully saturated rings. The first-order valence-electron chi connectivity index (χ1n) is 14.4. The highest BCUT2D eigenvalue weighted by atomic mass is 35.5. The van der Waals surface area contributed by atoms with Gasteiger partial charge in [-0.05, 0) is 35.6 Å². The summed E-state index contributed by atoms with van der Waals surface area (Å²) in [5, 5.41) is 17.6. The molecule has 1 amide bonds. The molecule has 4 aromatic rings. The number of carbonyl (C=O) groups is 1. The van der Waals surface area contributed by atoms with E-state index >= 15 is 0 Å². The molecule has 2 aliphatic rings. The van der Waals surface area contributed by atoms with Gasteiger partial charge < -0.3 is 24.6 Å². The number of halogens is 1. The smallest absolute Gasteiger partial charge is 0.275 e. The highest BCUT2D eigenvalue weighted by Gasteiger charge is 2.42. The summed E-state index contributed by atoms with van der Waals surface area (Å²) in [4.78, 5) is 21.1. The predicted octanol–water partition coefficient (Wildman–Crippen LogP) is 5.27. The second kappa shape index (κ2) is 12.7. The Morgan fingerprint density at radius 3 is 2.66 bits per heavy atom. The Labute approximate surface area is 247 Å². The van der Waals surface area contributed by atoms with E-state index in [1.165, 1.54) is 16.3 Å². The number of carbonyl (C=O) groups excluding carboxylic acids is 1. The molecule has 2 heterocycles. The molecular formula is C33H39ClN4O3. The van der Waals surface area contributed by atoms with Crippen LogP contribution in [0.15, 0.2) is 79.1 Å². The van der Waals surface area contributed by atoms with Gasteiger partial charge in [-0.25, -0.2) is 4.98 Å². The van der Waals surface area contributed by atoms with Crippen molar-refractivity contribution in [3.8, 4) is 11.3 Å². The molecule has 0 unspecified atom stereocenters. The maximum Gasteiger partial charge on any atom is 0.275 e. The standard InChI is InChI=1S/C33H38N4O3.ClH/c1-40-22-33(39)16-8-7-13-29(33)37-23-35-30(31(37)26-10-3-2-4-11-26)32(38)36-18-17-34-21-28(36)20-24-14-15-25-9-5-6-12-27(25)19-24;/h2-6,9-12,14-15,19,23,28-29,34,39H,7-8,13,16-18,20-22H2,1H3;1H/t28-,29-,33-;/m1./s1. The Kier molecular flexibility index (Phi) is 9.09. The van der Waals surface area contributed by atoms with E-state index in [9.17, 15) is 9.90 Å². The van der Waals surface area contributed by atoms with Crippen LogP contribution in [0.4, 0.5) is 0 Å². The fourth-order valence-corrected chi connectivity index (χ4v) is 6.64. The largest absolute Gasteiger partial charge is 0.385 e. The van der Waals surface area contributed by atoms with Crippen LogP contribution in [0.2, 0.25) is 0 Å². The summed E-state index contributed by atoms with van der Waals surface area (Å²) in [5.41, 5.74) is 2.35. The second-order valence-corrected chi connectivity index (χ2v) is 11.3. The lowest BCUT2D eigenvalue weighted by atomic mass is 9.80. The van der Waals surface area contributed by atoms with Crippen molar-refractivity contribution < 1.29 is 14.6 Å². The number of ether oxygens (including phenoxy) is 1. The molecule has 6 rings (SSSR count). The van der Waals surface area contributed by atoms with Crippen molar-refractivity contribution in [1.82, 2.24) is 19.8 Å². The molecule has 1 aliphatic heterocycles. The summed E-state index contributed by atoms with van der Waals surface area (Å²) in [6, 6.07) is 24.7. The number of imidazole rings is 1. The zero-order chi connectivity index (χ0) is 27.5. The predicted molar refractivity (Wildman–Crippen MR) is 165 cm³/mol. The third-order valence-corrected chi connectivity index (χ3v) is 8.63. The lowest BCUT2D eigenvalue weighted by Crippen LogP contribution is -2.54. The first-order chi connectivity index (χ1) is 19.6. The van der Waals surface area contributed by atoms with Crippen LogP contribution < -0.4 is 5.32 Å². The van der Waals surface area contributed by atoms with Crippen molar-refractivity contribution >= 4 is 29.1 Å². The summed E-state index contributed by atoms with van der Waals surface area (Å²) >= 11 is 0. The Balaban J connectivity index is 0.00000337. The van der Waals surface area contributed by atoms with E-state index in [1.54, 1.807) is 13.4 Å². The summed E-state index contributed by atoms with van der Waals surface area (Å²) in [7, 11) is 1.63. The fraction of sp³-hybridized carbons (Fsp3) is 0.394. The van der Waals surface area contributed by atoms with Crippen molar-refractivity contribution in [2.75, 3.05) is 33.4 Å². The molecule has 0 bridgehead atoms. The van der Waals surface area contributed by atoms with Crippen LogP contribution in [0.25, 0.3) is 22.0 Å². The molecule has 216 valence electrons. The first-order valence-corrected chi connectivity index (χ1v) is 14.4. The van der Waals surface area contributed by atoms with E-state index in [2.05, 4.69) is 47.8 Å². The van der Waals surface area contributed by atoms with Crippen molar-refractivity contribution in [3.63, 3.8) is 0 Å². The average Bonchev–Trinajstić information content (AvgIpc) is 3.42. The van der Waals surface area contributed by atoms with Crippen molar-refractivity contribution in [2.24, 2.45) is 0 Å². The third kappa shape index (κ3) is 5.90. The monoisotopic (exact) mass is 574 g/mol. The quantitative estimate of drug-likeness (QED) is 0.314. The number of hydrogen-bond acceptors (Lipinski definition) is 5. The lowest BCUT2D eigenvalue weighted by Gasteiger charge is -2.41. The third-order valence-electron chi connectivity index (χ3n) is 8.63. The molecule has 0 radical (unpaired) electrons. The number of benzene rings is 3. The molecule has 41 heavy (non-hydrogen) atoms. The molecule has 3 aromatic carbocycles. The maximum atomic E-state index is 14.3. The molecule has 1 aliphatic carbocycles. The zero-order valence-electron chi connectivity index (χ0n) is 23.5. The maximum absolute atomic E-state index is 14.3. The molecule has 0 spiro atoms. The number of piperazine rings is 1. The SMILES string of the molecule is COC[C@]1(O)CCCC[C@H]1n1cnc(C(=O)N2CCNC[C@H]2Cc2ccc3ccccc3c2)c1-c1ccccc1.Cl. The van der Waals surface area contributed by atoms with Gasteiger partial charge in [0, 0.05) is 38.3 Å². The van der Waals surface area contributed by atoms with Gasteiger partial charge in [0.15, 0.2) is 5.69 Å². The Morgan fingerprint density at radius 2 is 1.85 bits per heavy atom. The van der Waals surface area contributed by atoms with Gasteiger partial charge in [0.05, 0.1) is 24.7 Å². The highest BCUT2D eigenvalue weighted by Crippen LogP contribution is 2.41. The van der Waals surface area contributed by atoms with Gasteiger partial charge >= 0.3 is 0 Å². The van der Waals surface area contributed by atoms with Crippen LogP contribution >= 0.6 is 12.4 Å². The average molecular weight is 575 g/mol. The van der Waals surface area contributed by atoms with E-state index in [0.29, 0.717) is 18.7 Å². The van der Waals surface area contributed by atoms with E-state index in [0.717, 1.165) is 50.0 Å². The Bertz CT molecular complexity index is 1470. The molecule has 1 saturated carbocycles. The van der Waals surface area contributed by atoms with Crippen LogP contribution in [-0.4, -0.2) is 70.5 Å². The Morgan fingerprint density at radius 1 is 1.07 bits per heavy atom. The van der Waals surface area contributed by atoms with Gasteiger partial charge in [-0.15, -0.1) is 12.4 Å². The molecule has 3 atom stereocenters. The Hall–Kier alpha value is -3.23. The minimum absolute atomic E-state index is 0. The number of hydrogen-bond donors (Lipinski definition) is 2. The van der Waals surface area contributed by atoms with E-state index in [1.807, 2.05) is 39.8 Å². The zero-order valence-corrected chi connectivity index (χ0v) is 24.4. The molecular weight excluding hydrogens is 536 g/mol. The van der Waals surface area contributed by atoms with E-state index in [-0.39, 0.29) is 37.0 Å². The van der Waals surface area contributed by atoms with E-state index in [4.69, 9.17) is 9.72 Å². The van der Waals surface area contributed by atoms with Gasteiger partial charge in [-0.3, -0.25) is 4.79 Å². The van der Waals surface area contributed by atoms with Gasteiger partial charge in [0.2, 0.25) is 0 Å². The van der Waals surface area contributed by atoms with Crippen LogP contribution in [-0.2, 0) is 11.2 Å². The van der Waals surface area contributed by atoms with Crippen molar-refractivity contribution in [2.45, 2.75) is 49.8 Å². The topological polar surface area (TPSA) is 79.6 Å². The molecule has 1 aromatic heterocycles. The van der Waals surface area contributed by atoms with Crippen molar-refractivity contribution in [1.29, 1.82) is 0 Å². The number of aromatic nitrogens is 2. The molecule has 2 N–H and O–H groups in total. The van der Waals surface area contributed by atoms with Crippen LogP contribution in [0.5, 0.6) is 0 Å². The van der Waals surface area contributed by atoms with Gasteiger partial charge in [-0.1, -0.05) is 85.6 Å². The minimum atomic E-state index is -1.01. The first kappa shape index (κ1) is 29.3. The molecule has 8 heteroatoms. The summed E-state index contributed by atoms with van der Waals surface area (Å²) in [6.07, 6.45) is 5.95. The number of amides is 1. The summed E-state index contributed by atoms with van der Waals surface area (Å²) < 4.78 is 7.51. The van der Waals surface area contributed by atoms with Gasteiger partial charge in [0.1, 0.15) is 5.60 Å². The van der Waals surface area contributed by atoms with Crippen LogP contribution in [0.3, 0.4) is 0 Å². The number of rotatable bonds is 7. The normalized spacial score (nSPS) is 22.8. The lowest BCUT2D eigenvalue weighted by molar-refractivity contribution is -0.0893. The van der Waals surface area contributed by atoms with Crippen LogP contribution in [0, 0.1) is 0 Å². The number of fused-ring (bicyclic) bond motifs is 1. The molecule has 7 nitrogen and oxygen atoms in total. The highest BCUT2D eigenvalue weighted by molar-refractivity contribution is 5.98. The number of nitrogens with one attached hydrogen (secondary N) is 1. The second-order valence-electron chi connectivity index (χ2n) is 11.3.